The van der Waals surface area contributed by atoms with Crippen molar-refractivity contribution in [1.82, 2.24) is 5.32 Å². The number of aliphatic hydroxyl groups excluding tert-OH is 1. The summed E-state index contributed by atoms with van der Waals surface area (Å²) in [6.07, 6.45) is 5.18. The van der Waals surface area contributed by atoms with E-state index in [2.05, 4.69) is 5.32 Å². The number of hydrogen-bond donors (Lipinski definition) is 2. The van der Waals surface area contributed by atoms with Crippen LogP contribution in [0.4, 0.5) is 8.78 Å². The van der Waals surface area contributed by atoms with E-state index in [4.69, 9.17) is 5.11 Å². The molecule has 1 amide bonds. The van der Waals surface area contributed by atoms with Gasteiger partial charge in [-0.1, -0.05) is 18.2 Å². The molecule has 1 aromatic carbocycles. The van der Waals surface area contributed by atoms with Crippen molar-refractivity contribution in [2.45, 2.75) is 24.8 Å². The Balaban J connectivity index is 1.56. The minimum atomic E-state index is -0.872. The minimum Gasteiger partial charge on any atom is -0.396 e. The van der Waals surface area contributed by atoms with E-state index < -0.39 is 11.6 Å². The summed E-state index contributed by atoms with van der Waals surface area (Å²) in [6.45, 7) is 0.0871. The van der Waals surface area contributed by atoms with Crippen LogP contribution in [0.15, 0.2) is 30.4 Å². The first kappa shape index (κ1) is 14.2. The molecule has 1 aromatic rings. The van der Waals surface area contributed by atoms with Crippen LogP contribution >= 0.6 is 0 Å². The van der Waals surface area contributed by atoms with Gasteiger partial charge in [-0.2, -0.15) is 0 Å². The molecule has 1 fully saturated rings. The quantitative estimate of drug-likeness (QED) is 0.836. The standard InChI is InChI=1S/C16H17F2NO2/c17-14-4-2-10(6-15(14)18)12-7-13(12)16(21)19-11-3-1-9(5-11)8-20/h1-4,6,9,11-13,20H,5,7-8H2,(H,19,21)/t9-,11+,12?,13?/m0/s1. The molecule has 2 aliphatic rings. The van der Waals surface area contributed by atoms with Gasteiger partial charge in [0.1, 0.15) is 0 Å². The van der Waals surface area contributed by atoms with Crippen LogP contribution in [0.2, 0.25) is 0 Å². The summed E-state index contributed by atoms with van der Waals surface area (Å²) in [7, 11) is 0. The molecule has 0 radical (unpaired) electrons. The normalized spacial score (nSPS) is 30.4. The van der Waals surface area contributed by atoms with Crippen LogP contribution in [-0.2, 0) is 4.79 Å². The van der Waals surface area contributed by atoms with Gasteiger partial charge in [-0.05, 0) is 36.5 Å². The Morgan fingerprint density at radius 2 is 2.05 bits per heavy atom. The van der Waals surface area contributed by atoms with Crippen LogP contribution in [0.25, 0.3) is 0 Å². The van der Waals surface area contributed by atoms with Gasteiger partial charge >= 0.3 is 0 Å². The van der Waals surface area contributed by atoms with Gasteiger partial charge in [-0.25, -0.2) is 8.78 Å². The summed E-state index contributed by atoms with van der Waals surface area (Å²) >= 11 is 0. The Bertz CT molecular complexity index is 588. The molecule has 0 heterocycles. The molecule has 0 aliphatic heterocycles. The van der Waals surface area contributed by atoms with Crippen LogP contribution in [0, 0.1) is 23.5 Å². The van der Waals surface area contributed by atoms with Gasteiger partial charge < -0.3 is 10.4 Å². The maximum Gasteiger partial charge on any atom is 0.224 e. The highest BCUT2D eigenvalue weighted by molar-refractivity contribution is 5.83. The van der Waals surface area contributed by atoms with Crippen LogP contribution < -0.4 is 5.32 Å². The largest absolute Gasteiger partial charge is 0.396 e. The third-order valence-electron chi connectivity index (χ3n) is 4.23. The number of amides is 1. The molecule has 2 unspecified atom stereocenters. The van der Waals surface area contributed by atoms with Gasteiger partial charge in [-0.15, -0.1) is 0 Å². The second-order valence-corrected chi connectivity index (χ2v) is 5.80. The lowest BCUT2D eigenvalue weighted by Crippen LogP contribution is -2.34. The zero-order chi connectivity index (χ0) is 15.0. The molecule has 1 saturated carbocycles. The summed E-state index contributed by atoms with van der Waals surface area (Å²) in [6, 6.07) is 3.77. The van der Waals surface area contributed by atoms with Crippen molar-refractivity contribution < 1.29 is 18.7 Å². The number of carbonyl (C=O) groups is 1. The average molecular weight is 293 g/mol. The van der Waals surface area contributed by atoms with Crippen LogP contribution in [0.1, 0.15) is 24.3 Å². The highest BCUT2D eigenvalue weighted by atomic mass is 19.2. The number of benzene rings is 1. The molecular formula is C16H17F2NO2. The van der Waals surface area contributed by atoms with Crippen molar-refractivity contribution in [3.8, 4) is 0 Å². The molecule has 21 heavy (non-hydrogen) atoms. The maximum atomic E-state index is 13.2. The second-order valence-electron chi connectivity index (χ2n) is 5.80. The summed E-state index contributed by atoms with van der Waals surface area (Å²) in [5.74, 6) is -1.89. The Labute approximate surface area is 121 Å². The van der Waals surface area contributed by atoms with E-state index in [1.54, 1.807) is 0 Å². The number of hydrogen-bond acceptors (Lipinski definition) is 2. The molecule has 0 spiro atoms. The molecule has 5 heteroatoms. The highest BCUT2D eigenvalue weighted by Crippen LogP contribution is 2.47. The molecule has 0 bridgehead atoms. The number of rotatable bonds is 4. The molecule has 3 rings (SSSR count). The zero-order valence-corrected chi connectivity index (χ0v) is 11.4. The van der Waals surface area contributed by atoms with E-state index in [1.807, 2.05) is 12.2 Å². The average Bonchev–Trinajstić information content (AvgIpc) is 3.15. The first-order valence-corrected chi connectivity index (χ1v) is 7.13. The van der Waals surface area contributed by atoms with E-state index in [0.29, 0.717) is 18.4 Å². The Hall–Kier alpha value is -1.75. The van der Waals surface area contributed by atoms with Gasteiger partial charge in [0.25, 0.3) is 0 Å². The van der Waals surface area contributed by atoms with Crippen LogP contribution in [0.3, 0.4) is 0 Å². The van der Waals surface area contributed by atoms with Crippen LogP contribution in [0.5, 0.6) is 0 Å². The van der Waals surface area contributed by atoms with Crippen LogP contribution in [-0.4, -0.2) is 23.7 Å². The lowest BCUT2D eigenvalue weighted by atomic mass is 10.1. The maximum absolute atomic E-state index is 13.2. The first-order valence-electron chi connectivity index (χ1n) is 7.13. The summed E-state index contributed by atoms with van der Waals surface area (Å²) in [5, 5.41) is 12.0. The molecule has 112 valence electrons. The summed E-state index contributed by atoms with van der Waals surface area (Å²) in [5.41, 5.74) is 0.671. The van der Waals surface area contributed by atoms with Gasteiger partial charge in [0.2, 0.25) is 5.91 Å². The van der Waals surface area contributed by atoms with Gasteiger partial charge in [0.05, 0.1) is 0 Å². The predicted molar refractivity (Wildman–Crippen MR) is 73.5 cm³/mol. The molecule has 2 N–H and O–H groups in total. The lowest BCUT2D eigenvalue weighted by Gasteiger charge is -2.12. The zero-order valence-electron chi connectivity index (χ0n) is 11.4. The van der Waals surface area contributed by atoms with E-state index in [1.165, 1.54) is 12.1 Å². The third-order valence-corrected chi connectivity index (χ3v) is 4.23. The van der Waals surface area contributed by atoms with E-state index in [0.717, 1.165) is 6.07 Å². The Morgan fingerprint density at radius 1 is 1.24 bits per heavy atom. The van der Waals surface area contributed by atoms with Crippen molar-refractivity contribution in [3.63, 3.8) is 0 Å². The lowest BCUT2D eigenvalue weighted by molar-refractivity contribution is -0.122. The molecule has 3 nitrogen and oxygen atoms in total. The van der Waals surface area contributed by atoms with Crippen molar-refractivity contribution in [2.75, 3.05) is 6.61 Å². The highest BCUT2D eigenvalue weighted by Gasteiger charge is 2.44. The van der Waals surface area contributed by atoms with E-state index >= 15 is 0 Å². The molecular weight excluding hydrogens is 276 g/mol. The predicted octanol–water partition coefficient (Wildman–Crippen LogP) is 2.12. The molecule has 4 atom stereocenters. The smallest absolute Gasteiger partial charge is 0.224 e. The van der Waals surface area contributed by atoms with Crippen molar-refractivity contribution >= 4 is 5.91 Å². The monoisotopic (exact) mass is 293 g/mol. The number of aliphatic hydroxyl groups is 1. The molecule has 0 saturated heterocycles. The Kier molecular flexibility index (Phi) is 3.76. The second kappa shape index (κ2) is 5.56. The van der Waals surface area contributed by atoms with Crippen molar-refractivity contribution in [3.05, 3.63) is 47.5 Å². The SMILES string of the molecule is O=C(N[C@@H]1C=C[C@H](CO)C1)C1CC1c1ccc(F)c(F)c1. The fourth-order valence-electron chi connectivity index (χ4n) is 2.90. The van der Waals surface area contributed by atoms with E-state index in [9.17, 15) is 13.6 Å². The number of carbonyl (C=O) groups excluding carboxylic acids is 1. The number of nitrogens with one attached hydrogen (secondary N) is 1. The first-order chi connectivity index (χ1) is 10.1. The summed E-state index contributed by atoms with van der Waals surface area (Å²) < 4.78 is 26.1. The molecule has 0 aromatic heterocycles. The third kappa shape index (κ3) is 2.97. The van der Waals surface area contributed by atoms with Crippen molar-refractivity contribution in [1.29, 1.82) is 0 Å². The summed E-state index contributed by atoms with van der Waals surface area (Å²) in [4.78, 5) is 12.1. The fourth-order valence-corrected chi connectivity index (χ4v) is 2.90. The minimum absolute atomic E-state index is 0.0286. The topological polar surface area (TPSA) is 49.3 Å². The number of halogens is 2. The van der Waals surface area contributed by atoms with Gasteiger partial charge in [0.15, 0.2) is 11.6 Å². The van der Waals surface area contributed by atoms with Gasteiger partial charge in [0, 0.05) is 24.5 Å². The van der Waals surface area contributed by atoms with Gasteiger partial charge in [-0.3, -0.25) is 4.79 Å². The van der Waals surface area contributed by atoms with E-state index in [-0.39, 0.29) is 36.3 Å². The molecule has 2 aliphatic carbocycles. The fraction of sp³-hybridized carbons (Fsp3) is 0.438. The Morgan fingerprint density at radius 3 is 2.71 bits per heavy atom. The van der Waals surface area contributed by atoms with Crippen molar-refractivity contribution in [2.24, 2.45) is 11.8 Å².